The van der Waals surface area contributed by atoms with E-state index >= 15 is 0 Å². The third kappa shape index (κ3) is 4.52. The zero-order chi connectivity index (χ0) is 22.0. The average molecular weight is 440 g/mol. The molecule has 1 aliphatic heterocycles. The molecule has 3 aromatic rings. The van der Waals surface area contributed by atoms with Gasteiger partial charge in [0.05, 0.1) is 16.6 Å². The number of hydrogen-bond acceptors (Lipinski definition) is 6. The highest BCUT2D eigenvalue weighted by Gasteiger charge is 2.23. The molecule has 0 radical (unpaired) electrons. The molecule has 1 aliphatic rings. The molecule has 0 saturated heterocycles. The van der Waals surface area contributed by atoms with E-state index in [1.54, 1.807) is 11.3 Å². The van der Waals surface area contributed by atoms with Crippen molar-refractivity contribution in [3.63, 3.8) is 0 Å². The number of hydrogen-bond donors (Lipinski definition) is 0. The van der Waals surface area contributed by atoms with Gasteiger partial charge in [0.15, 0.2) is 16.6 Å². The number of aromatic nitrogens is 1. The van der Waals surface area contributed by atoms with Crippen LogP contribution < -0.4 is 14.4 Å². The van der Waals surface area contributed by atoms with Gasteiger partial charge in [-0.25, -0.2) is 4.98 Å². The summed E-state index contributed by atoms with van der Waals surface area (Å²) in [6.07, 6.45) is 0.294. The highest BCUT2D eigenvalue weighted by molar-refractivity contribution is 7.22. The Labute approximate surface area is 187 Å². The number of rotatable bonds is 8. The van der Waals surface area contributed by atoms with Crippen LogP contribution in [0.1, 0.15) is 30.5 Å². The zero-order valence-electron chi connectivity index (χ0n) is 18.6. The monoisotopic (exact) mass is 439 g/mol. The molecule has 1 amide bonds. The van der Waals surface area contributed by atoms with Crippen LogP contribution in [0.2, 0.25) is 0 Å². The molecular weight excluding hydrogens is 410 g/mol. The summed E-state index contributed by atoms with van der Waals surface area (Å²) >= 11 is 1.60. The molecule has 0 fully saturated rings. The Balaban J connectivity index is 1.63. The van der Waals surface area contributed by atoms with E-state index in [-0.39, 0.29) is 12.7 Å². The number of thiazole rings is 1. The summed E-state index contributed by atoms with van der Waals surface area (Å²) < 4.78 is 12.0. The predicted molar refractivity (Wildman–Crippen MR) is 126 cm³/mol. The quantitative estimate of drug-likeness (QED) is 0.515. The Morgan fingerprint density at radius 1 is 1.03 bits per heavy atom. The zero-order valence-corrected chi connectivity index (χ0v) is 19.4. The molecule has 0 N–H and O–H groups in total. The summed E-state index contributed by atoms with van der Waals surface area (Å²) in [5.41, 5.74) is 4.23. The normalized spacial score (nSPS) is 12.7. The highest BCUT2D eigenvalue weighted by atomic mass is 32.1. The summed E-state index contributed by atoms with van der Waals surface area (Å²) in [6.45, 7) is 12.0. The largest absolute Gasteiger partial charge is 0.454 e. The third-order valence-electron chi connectivity index (χ3n) is 5.79. The number of benzene rings is 2. The van der Waals surface area contributed by atoms with Crippen molar-refractivity contribution in [2.75, 3.05) is 37.9 Å². The van der Waals surface area contributed by atoms with Gasteiger partial charge in [0, 0.05) is 13.1 Å². The van der Waals surface area contributed by atoms with Crippen LogP contribution in [0.5, 0.6) is 11.5 Å². The van der Waals surface area contributed by atoms with Gasteiger partial charge in [0.2, 0.25) is 12.7 Å². The van der Waals surface area contributed by atoms with E-state index < -0.39 is 0 Å². The Hall–Kier alpha value is -2.64. The van der Waals surface area contributed by atoms with Crippen molar-refractivity contribution in [3.8, 4) is 11.5 Å². The molecule has 164 valence electrons. The minimum absolute atomic E-state index is 0.0420. The van der Waals surface area contributed by atoms with E-state index in [2.05, 4.69) is 44.7 Å². The lowest BCUT2D eigenvalue weighted by atomic mass is 10.1. The molecule has 7 heteroatoms. The van der Waals surface area contributed by atoms with Crippen LogP contribution in [0.25, 0.3) is 10.2 Å². The number of carbonyl (C=O) groups excluding carboxylic acids is 1. The van der Waals surface area contributed by atoms with Gasteiger partial charge in [-0.3, -0.25) is 9.69 Å². The third-order valence-corrected chi connectivity index (χ3v) is 7.00. The van der Waals surface area contributed by atoms with Crippen LogP contribution in [0.4, 0.5) is 5.13 Å². The molecule has 0 atom stereocenters. The smallest absolute Gasteiger partial charge is 0.233 e. The first-order valence-corrected chi connectivity index (χ1v) is 11.6. The van der Waals surface area contributed by atoms with E-state index in [1.165, 1.54) is 5.56 Å². The number of nitrogens with zero attached hydrogens (tertiary/aromatic N) is 3. The maximum Gasteiger partial charge on any atom is 0.233 e. The number of ether oxygens (including phenoxy) is 2. The van der Waals surface area contributed by atoms with Crippen molar-refractivity contribution < 1.29 is 14.3 Å². The van der Waals surface area contributed by atoms with Crippen molar-refractivity contribution >= 4 is 32.6 Å². The highest BCUT2D eigenvalue weighted by Crippen LogP contribution is 2.35. The van der Waals surface area contributed by atoms with Gasteiger partial charge in [-0.2, -0.15) is 0 Å². The van der Waals surface area contributed by atoms with Gasteiger partial charge in [-0.15, -0.1) is 0 Å². The van der Waals surface area contributed by atoms with Crippen LogP contribution in [0.15, 0.2) is 30.3 Å². The molecule has 1 aromatic heterocycles. The maximum atomic E-state index is 13.5. The molecule has 0 unspecified atom stereocenters. The topological polar surface area (TPSA) is 54.9 Å². The molecule has 0 spiro atoms. The van der Waals surface area contributed by atoms with E-state index in [4.69, 9.17) is 14.5 Å². The standard InChI is InChI=1S/C24H29N3O3S/c1-5-26(6-2)11-12-27(24-25-22-16(3)7-8-17(4)23(22)31-24)21(28)14-18-9-10-19-20(13-18)30-15-29-19/h7-10,13H,5-6,11-12,14-15H2,1-4H3. The van der Waals surface area contributed by atoms with Crippen molar-refractivity contribution in [2.24, 2.45) is 0 Å². The lowest BCUT2D eigenvalue weighted by molar-refractivity contribution is -0.118. The summed E-state index contributed by atoms with van der Waals surface area (Å²) in [6, 6.07) is 9.91. The second-order valence-corrected chi connectivity index (χ2v) is 8.79. The fourth-order valence-electron chi connectivity index (χ4n) is 3.79. The Morgan fingerprint density at radius 2 is 1.77 bits per heavy atom. The number of aryl methyl sites for hydroxylation is 2. The van der Waals surface area contributed by atoms with E-state index in [0.717, 1.165) is 51.9 Å². The van der Waals surface area contributed by atoms with Crippen LogP contribution in [-0.4, -0.2) is 48.8 Å². The van der Waals surface area contributed by atoms with Crippen molar-refractivity contribution in [1.29, 1.82) is 0 Å². The average Bonchev–Trinajstić information content (AvgIpc) is 3.41. The van der Waals surface area contributed by atoms with Gasteiger partial charge in [0.1, 0.15) is 0 Å². The summed E-state index contributed by atoms with van der Waals surface area (Å²) in [4.78, 5) is 22.5. The van der Waals surface area contributed by atoms with Gasteiger partial charge < -0.3 is 14.4 Å². The Morgan fingerprint density at radius 3 is 2.52 bits per heavy atom. The van der Waals surface area contributed by atoms with Crippen LogP contribution in [-0.2, 0) is 11.2 Å². The fraction of sp³-hybridized carbons (Fsp3) is 0.417. The summed E-state index contributed by atoms with van der Waals surface area (Å²) in [5.74, 6) is 1.47. The maximum absolute atomic E-state index is 13.5. The molecule has 0 aliphatic carbocycles. The second-order valence-electron chi connectivity index (χ2n) is 7.81. The number of anilines is 1. The van der Waals surface area contributed by atoms with E-state index in [1.807, 2.05) is 23.1 Å². The number of amides is 1. The van der Waals surface area contributed by atoms with Gasteiger partial charge in [-0.05, 0) is 55.8 Å². The van der Waals surface area contributed by atoms with Crippen molar-refractivity contribution in [2.45, 2.75) is 34.1 Å². The lowest BCUT2D eigenvalue weighted by Crippen LogP contribution is -2.39. The fourth-order valence-corrected chi connectivity index (χ4v) is 4.95. The lowest BCUT2D eigenvalue weighted by Gasteiger charge is -2.24. The minimum Gasteiger partial charge on any atom is -0.454 e. The van der Waals surface area contributed by atoms with Crippen molar-refractivity contribution in [3.05, 3.63) is 47.0 Å². The second kappa shape index (κ2) is 9.24. The molecular formula is C24H29N3O3S. The predicted octanol–water partition coefficient (Wildman–Crippen LogP) is 4.56. The van der Waals surface area contributed by atoms with E-state index in [0.29, 0.717) is 18.7 Å². The first-order chi connectivity index (χ1) is 15.0. The van der Waals surface area contributed by atoms with E-state index in [9.17, 15) is 4.79 Å². The first kappa shape index (κ1) is 21.6. The van der Waals surface area contributed by atoms with Gasteiger partial charge in [0.25, 0.3) is 0 Å². The molecule has 6 nitrogen and oxygen atoms in total. The van der Waals surface area contributed by atoms with Gasteiger partial charge >= 0.3 is 0 Å². The minimum atomic E-state index is 0.0420. The first-order valence-electron chi connectivity index (χ1n) is 10.8. The Kier molecular flexibility index (Phi) is 6.43. The van der Waals surface area contributed by atoms with Crippen molar-refractivity contribution in [1.82, 2.24) is 9.88 Å². The SMILES string of the molecule is CCN(CC)CCN(C(=O)Cc1ccc2c(c1)OCO2)c1nc2c(C)ccc(C)c2s1. The molecule has 0 bridgehead atoms. The van der Waals surface area contributed by atoms with Crippen LogP contribution >= 0.6 is 11.3 Å². The summed E-state index contributed by atoms with van der Waals surface area (Å²) in [7, 11) is 0. The van der Waals surface area contributed by atoms with Crippen LogP contribution in [0.3, 0.4) is 0 Å². The molecule has 2 heterocycles. The molecule has 0 saturated carbocycles. The summed E-state index contributed by atoms with van der Waals surface area (Å²) in [5, 5.41) is 0.769. The molecule has 2 aromatic carbocycles. The number of carbonyl (C=O) groups is 1. The molecule has 31 heavy (non-hydrogen) atoms. The van der Waals surface area contributed by atoms with Gasteiger partial charge in [-0.1, -0.05) is 43.4 Å². The number of likely N-dealkylation sites (N-methyl/N-ethyl adjacent to an activating group) is 1. The number of fused-ring (bicyclic) bond motifs is 2. The molecule has 4 rings (SSSR count). The van der Waals surface area contributed by atoms with Crippen LogP contribution in [0, 0.1) is 13.8 Å². The Bertz CT molecular complexity index is 1050.